The average Bonchev–Trinajstić information content (AvgIpc) is 3.23. The molecule has 2 aromatic heterocycles. The molecule has 0 spiro atoms. The van der Waals surface area contributed by atoms with E-state index in [9.17, 15) is 0 Å². The first-order chi connectivity index (χ1) is 12.3. The lowest BCUT2D eigenvalue weighted by atomic mass is 10.1. The Hall–Kier alpha value is -2.73. The smallest absolute Gasteiger partial charge is 0.155 e. The maximum Gasteiger partial charge on any atom is 0.155 e. The van der Waals surface area contributed by atoms with Gasteiger partial charge in [0.15, 0.2) is 5.82 Å². The average molecular weight is 334 g/mol. The third-order valence-electron chi connectivity index (χ3n) is 4.89. The molecule has 1 fully saturated rings. The normalized spacial score (nSPS) is 16.8. The van der Waals surface area contributed by atoms with E-state index < -0.39 is 0 Å². The summed E-state index contributed by atoms with van der Waals surface area (Å²) in [5, 5.41) is 6.97. The Bertz CT molecular complexity index is 794. The van der Waals surface area contributed by atoms with E-state index in [0.717, 1.165) is 43.3 Å². The molecule has 1 N–H and O–H groups in total. The maximum absolute atomic E-state index is 4.63. The number of nitrogens with one attached hydrogen (secondary N) is 1. The van der Waals surface area contributed by atoms with Crippen molar-refractivity contribution >= 4 is 5.82 Å². The number of rotatable bonds is 4. The van der Waals surface area contributed by atoms with Crippen LogP contribution in [0.1, 0.15) is 18.5 Å². The Labute approximate surface area is 147 Å². The van der Waals surface area contributed by atoms with E-state index in [1.54, 1.807) is 12.4 Å². The largest absolute Gasteiger partial charge is 0.352 e. The summed E-state index contributed by atoms with van der Waals surface area (Å²) in [6.45, 7) is 6.12. The molecule has 0 amide bonds. The van der Waals surface area contributed by atoms with E-state index in [-0.39, 0.29) is 0 Å². The van der Waals surface area contributed by atoms with Gasteiger partial charge >= 0.3 is 0 Å². The summed E-state index contributed by atoms with van der Waals surface area (Å²) in [6.07, 6.45) is 7.44. The highest BCUT2D eigenvalue weighted by molar-refractivity contribution is 5.71. The van der Waals surface area contributed by atoms with Crippen LogP contribution in [0, 0.1) is 0 Å². The first-order valence-corrected chi connectivity index (χ1v) is 8.67. The Balaban J connectivity index is 1.50. The molecule has 0 bridgehead atoms. The highest BCUT2D eigenvalue weighted by Gasteiger charge is 2.25. The molecule has 1 aliphatic rings. The van der Waals surface area contributed by atoms with E-state index in [1.165, 1.54) is 5.56 Å². The second-order valence-electron chi connectivity index (χ2n) is 6.33. The van der Waals surface area contributed by atoms with Crippen molar-refractivity contribution in [2.75, 3.05) is 31.1 Å². The van der Waals surface area contributed by atoms with Gasteiger partial charge in [0.05, 0.1) is 6.20 Å². The molecule has 1 saturated heterocycles. The second kappa shape index (κ2) is 7.03. The highest BCUT2D eigenvalue weighted by atomic mass is 15.3. The van der Waals surface area contributed by atoms with Crippen LogP contribution in [0.3, 0.4) is 0 Å². The molecule has 0 radical (unpaired) electrons. The molecule has 6 nitrogen and oxygen atoms in total. The van der Waals surface area contributed by atoms with Crippen molar-refractivity contribution in [1.82, 2.24) is 25.1 Å². The molecule has 128 valence electrons. The molecule has 1 atom stereocenters. The second-order valence-corrected chi connectivity index (χ2v) is 6.33. The Morgan fingerprint density at radius 2 is 1.76 bits per heavy atom. The van der Waals surface area contributed by atoms with Gasteiger partial charge in [0.1, 0.15) is 5.69 Å². The minimum Gasteiger partial charge on any atom is -0.352 e. The number of hydrogen-bond donors (Lipinski definition) is 1. The van der Waals surface area contributed by atoms with Crippen molar-refractivity contribution in [2.45, 2.75) is 13.0 Å². The van der Waals surface area contributed by atoms with Crippen molar-refractivity contribution in [2.24, 2.45) is 0 Å². The standard InChI is InChI=1S/C19H22N6/c1-15(17-13-22-23-14-17)24-9-11-25(12-10-24)19-18(20-7-8-21-19)16-5-3-2-4-6-16/h2-8,13-15H,9-12H2,1H3,(H,22,23). The third kappa shape index (κ3) is 3.25. The van der Waals surface area contributed by atoms with Crippen LogP contribution in [0.5, 0.6) is 0 Å². The van der Waals surface area contributed by atoms with E-state index in [4.69, 9.17) is 0 Å². The highest BCUT2D eigenvalue weighted by Crippen LogP contribution is 2.28. The van der Waals surface area contributed by atoms with Crippen LogP contribution in [0.25, 0.3) is 11.3 Å². The zero-order chi connectivity index (χ0) is 17.1. The van der Waals surface area contributed by atoms with Gasteiger partial charge in [0.2, 0.25) is 0 Å². The summed E-state index contributed by atoms with van der Waals surface area (Å²) >= 11 is 0. The fraction of sp³-hybridized carbons (Fsp3) is 0.316. The maximum atomic E-state index is 4.63. The molecule has 1 aromatic carbocycles. The SMILES string of the molecule is CC(c1cn[nH]c1)N1CCN(c2nccnc2-c2ccccc2)CC1. The minimum atomic E-state index is 0.372. The van der Waals surface area contributed by atoms with Gasteiger partial charge in [-0.05, 0) is 6.92 Å². The quantitative estimate of drug-likeness (QED) is 0.795. The molecule has 6 heteroatoms. The lowest BCUT2D eigenvalue weighted by molar-refractivity contribution is 0.198. The predicted molar refractivity (Wildman–Crippen MR) is 98.3 cm³/mol. The number of hydrogen-bond acceptors (Lipinski definition) is 5. The molecule has 0 aliphatic carbocycles. The Morgan fingerprint density at radius 3 is 2.48 bits per heavy atom. The summed E-state index contributed by atoms with van der Waals surface area (Å²) in [6, 6.07) is 10.7. The van der Waals surface area contributed by atoms with E-state index in [2.05, 4.69) is 49.0 Å². The number of nitrogens with zero attached hydrogens (tertiary/aromatic N) is 5. The minimum absolute atomic E-state index is 0.372. The lowest BCUT2D eigenvalue weighted by Crippen LogP contribution is -2.47. The molecule has 1 aliphatic heterocycles. The van der Waals surface area contributed by atoms with Gasteiger partial charge in [0.25, 0.3) is 0 Å². The molecular weight excluding hydrogens is 312 g/mol. The van der Waals surface area contributed by atoms with Crippen LogP contribution < -0.4 is 4.90 Å². The van der Waals surface area contributed by atoms with Crippen LogP contribution in [0.4, 0.5) is 5.82 Å². The number of aromatic amines is 1. The molecule has 3 aromatic rings. The van der Waals surface area contributed by atoms with E-state index >= 15 is 0 Å². The topological polar surface area (TPSA) is 60.9 Å². The first kappa shape index (κ1) is 15.8. The van der Waals surface area contributed by atoms with E-state index in [0.29, 0.717) is 6.04 Å². The Kier molecular flexibility index (Phi) is 4.43. The monoisotopic (exact) mass is 334 g/mol. The van der Waals surface area contributed by atoms with Crippen LogP contribution in [-0.4, -0.2) is 51.2 Å². The number of H-pyrrole nitrogens is 1. The summed E-state index contributed by atoms with van der Waals surface area (Å²) in [5.41, 5.74) is 3.30. The molecule has 3 heterocycles. The van der Waals surface area contributed by atoms with E-state index in [1.807, 2.05) is 30.6 Å². The zero-order valence-corrected chi connectivity index (χ0v) is 14.3. The van der Waals surface area contributed by atoms with Crippen LogP contribution in [-0.2, 0) is 0 Å². The van der Waals surface area contributed by atoms with Gasteiger partial charge in [-0.1, -0.05) is 30.3 Å². The van der Waals surface area contributed by atoms with Crippen molar-refractivity contribution < 1.29 is 0 Å². The number of anilines is 1. The third-order valence-corrected chi connectivity index (χ3v) is 4.89. The van der Waals surface area contributed by atoms with Crippen LogP contribution in [0.15, 0.2) is 55.1 Å². The molecule has 4 rings (SSSR count). The number of aromatic nitrogens is 4. The fourth-order valence-corrected chi connectivity index (χ4v) is 3.38. The van der Waals surface area contributed by atoms with Gasteiger partial charge in [-0.3, -0.25) is 15.0 Å². The van der Waals surface area contributed by atoms with Crippen molar-refractivity contribution in [3.05, 3.63) is 60.7 Å². The van der Waals surface area contributed by atoms with Gasteiger partial charge in [-0.2, -0.15) is 5.10 Å². The number of benzene rings is 1. The molecule has 1 unspecified atom stereocenters. The molecule has 0 saturated carbocycles. The summed E-state index contributed by atoms with van der Waals surface area (Å²) in [4.78, 5) is 14.0. The fourth-order valence-electron chi connectivity index (χ4n) is 3.38. The van der Waals surface area contributed by atoms with Crippen LogP contribution >= 0.6 is 0 Å². The zero-order valence-electron chi connectivity index (χ0n) is 14.3. The van der Waals surface area contributed by atoms with Gasteiger partial charge < -0.3 is 4.90 Å². The van der Waals surface area contributed by atoms with Crippen LogP contribution in [0.2, 0.25) is 0 Å². The Morgan fingerprint density at radius 1 is 1.00 bits per heavy atom. The molecular formula is C19H22N6. The van der Waals surface area contributed by atoms with Gasteiger partial charge in [0, 0.05) is 61.9 Å². The lowest BCUT2D eigenvalue weighted by Gasteiger charge is -2.38. The molecule has 25 heavy (non-hydrogen) atoms. The first-order valence-electron chi connectivity index (χ1n) is 8.67. The van der Waals surface area contributed by atoms with Crippen molar-refractivity contribution in [1.29, 1.82) is 0 Å². The summed E-state index contributed by atoms with van der Waals surface area (Å²) < 4.78 is 0. The summed E-state index contributed by atoms with van der Waals surface area (Å²) in [7, 11) is 0. The summed E-state index contributed by atoms with van der Waals surface area (Å²) in [5.74, 6) is 0.976. The van der Waals surface area contributed by atoms with Crippen molar-refractivity contribution in [3.63, 3.8) is 0 Å². The van der Waals surface area contributed by atoms with Crippen molar-refractivity contribution in [3.8, 4) is 11.3 Å². The number of piperazine rings is 1. The van der Waals surface area contributed by atoms with Gasteiger partial charge in [-0.15, -0.1) is 0 Å². The van der Waals surface area contributed by atoms with Gasteiger partial charge in [-0.25, -0.2) is 4.98 Å². The predicted octanol–water partition coefficient (Wildman–Crippen LogP) is 2.75.